The minimum atomic E-state index is 0.752. The van der Waals surface area contributed by atoms with Crippen molar-refractivity contribution in [1.82, 2.24) is 14.5 Å². The predicted octanol–water partition coefficient (Wildman–Crippen LogP) is 3.76. The molecule has 2 aromatic heterocycles. The van der Waals surface area contributed by atoms with Crippen molar-refractivity contribution in [2.45, 2.75) is 20.4 Å². The Hall–Kier alpha value is -1.94. The van der Waals surface area contributed by atoms with E-state index < -0.39 is 0 Å². The summed E-state index contributed by atoms with van der Waals surface area (Å²) in [5, 5.41) is 0. The maximum atomic E-state index is 5.44. The van der Waals surface area contributed by atoms with Gasteiger partial charge in [0, 0.05) is 12.4 Å². The first-order valence-corrected chi connectivity index (χ1v) is 6.65. The van der Waals surface area contributed by atoms with E-state index in [1.54, 1.807) is 0 Å². The van der Waals surface area contributed by atoms with Crippen LogP contribution in [-0.2, 0) is 6.54 Å². The van der Waals surface area contributed by atoms with Gasteiger partial charge in [0.2, 0.25) is 0 Å². The number of fused-ring (bicyclic) bond motifs is 1. The van der Waals surface area contributed by atoms with Gasteiger partial charge in [0.15, 0.2) is 4.77 Å². The van der Waals surface area contributed by atoms with Crippen LogP contribution < -0.4 is 0 Å². The highest BCUT2D eigenvalue weighted by atomic mass is 32.1. The Bertz CT molecular complexity index is 799. The lowest BCUT2D eigenvalue weighted by atomic mass is 10.1. The smallest absolute Gasteiger partial charge is 0.178 e. The van der Waals surface area contributed by atoms with Gasteiger partial charge in [-0.3, -0.25) is 4.98 Å². The summed E-state index contributed by atoms with van der Waals surface area (Å²) < 4.78 is 2.88. The maximum absolute atomic E-state index is 5.44. The molecule has 3 nitrogen and oxygen atoms in total. The molecule has 0 bridgehead atoms. The van der Waals surface area contributed by atoms with E-state index in [0.717, 1.165) is 22.3 Å². The molecule has 0 radical (unpaired) electrons. The van der Waals surface area contributed by atoms with Gasteiger partial charge in [0.25, 0.3) is 0 Å². The fourth-order valence-corrected chi connectivity index (χ4v) is 2.58. The molecule has 0 unspecified atom stereocenters. The number of nitrogens with zero attached hydrogens (tertiary/aromatic N) is 2. The number of aryl methyl sites for hydroxylation is 2. The topological polar surface area (TPSA) is 33.6 Å². The zero-order chi connectivity index (χ0) is 13.4. The standard InChI is InChI=1S/C15H15N3S/c1-10-6-7-16-8-12(10)9-18-13-5-3-4-11(2)14(13)17-15(18)19/h3-8H,9H2,1-2H3,(H,17,19). The van der Waals surface area contributed by atoms with Gasteiger partial charge in [-0.25, -0.2) is 0 Å². The molecule has 0 spiro atoms. The molecule has 0 saturated carbocycles. The number of aromatic amines is 1. The van der Waals surface area contributed by atoms with E-state index in [0.29, 0.717) is 0 Å². The quantitative estimate of drug-likeness (QED) is 0.719. The first kappa shape index (κ1) is 12.1. The summed E-state index contributed by atoms with van der Waals surface area (Å²) in [5.41, 5.74) is 5.91. The van der Waals surface area contributed by atoms with Gasteiger partial charge in [0.1, 0.15) is 0 Å². The SMILES string of the molecule is Cc1ccncc1Cn1c(=S)[nH]c2c(C)cccc21. The van der Waals surface area contributed by atoms with E-state index >= 15 is 0 Å². The molecule has 3 aromatic rings. The van der Waals surface area contributed by atoms with Crippen molar-refractivity contribution in [3.05, 3.63) is 58.1 Å². The third-order valence-corrected chi connectivity index (χ3v) is 3.82. The summed E-state index contributed by atoms with van der Waals surface area (Å²) in [6.07, 6.45) is 3.73. The van der Waals surface area contributed by atoms with Gasteiger partial charge >= 0.3 is 0 Å². The zero-order valence-corrected chi connectivity index (χ0v) is 11.8. The Morgan fingerprint density at radius 2 is 2.05 bits per heavy atom. The number of nitrogens with one attached hydrogen (secondary N) is 1. The van der Waals surface area contributed by atoms with Crippen molar-refractivity contribution < 1.29 is 0 Å². The van der Waals surface area contributed by atoms with Crippen LogP contribution in [0.4, 0.5) is 0 Å². The van der Waals surface area contributed by atoms with E-state index in [9.17, 15) is 0 Å². The zero-order valence-electron chi connectivity index (χ0n) is 11.0. The van der Waals surface area contributed by atoms with E-state index in [-0.39, 0.29) is 0 Å². The predicted molar refractivity (Wildman–Crippen MR) is 79.9 cm³/mol. The molecular formula is C15H15N3S. The Balaban J connectivity index is 2.16. The number of hydrogen-bond acceptors (Lipinski definition) is 2. The highest BCUT2D eigenvalue weighted by Gasteiger charge is 2.07. The highest BCUT2D eigenvalue weighted by Crippen LogP contribution is 2.19. The molecule has 2 heterocycles. The number of pyridine rings is 1. The molecule has 0 saturated heterocycles. The van der Waals surface area contributed by atoms with E-state index in [1.807, 2.05) is 18.5 Å². The van der Waals surface area contributed by atoms with Crippen LogP contribution >= 0.6 is 12.2 Å². The van der Waals surface area contributed by atoms with Crippen molar-refractivity contribution in [2.75, 3.05) is 0 Å². The minimum absolute atomic E-state index is 0.752. The number of hydrogen-bond donors (Lipinski definition) is 1. The van der Waals surface area contributed by atoms with Gasteiger partial charge in [-0.2, -0.15) is 0 Å². The average molecular weight is 269 g/mol. The molecule has 3 rings (SSSR count). The first-order valence-electron chi connectivity index (χ1n) is 6.24. The van der Waals surface area contributed by atoms with E-state index in [1.165, 1.54) is 16.7 Å². The van der Waals surface area contributed by atoms with Gasteiger partial charge in [0.05, 0.1) is 17.6 Å². The summed E-state index contributed by atoms with van der Waals surface area (Å²) >= 11 is 5.44. The van der Waals surface area contributed by atoms with Crippen LogP contribution in [0, 0.1) is 18.6 Å². The molecule has 0 amide bonds. The van der Waals surface area contributed by atoms with Crippen LogP contribution in [0.3, 0.4) is 0 Å². The molecular weight excluding hydrogens is 254 g/mol. The molecule has 0 atom stereocenters. The normalized spacial score (nSPS) is 11.1. The van der Waals surface area contributed by atoms with Gasteiger partial charge < -0.3 is 9.55 Å². The van der Waals surface area contributed by atoms with Crippen molar-refractivity contribution in [3.8, 4) is 0 Å². The van der Waals surface area contributed by atoms with Crippen LogP contribution in [0.5, 0.6) is 0 Å². The maximum Gasteiger partial charge on any atom is 0.178 e. The van der Waals surface area contributed by atoms with Gasteiger partial charge in [-0.1, -0.05) is 12.1 Å². The largest absolute Gasteiger partial charge is 0.330 e. The fourth-order valence-electron chi connectivity index (χ4n) is 2.31. The molecule has 1 aromatic carbocycles. The summed E-state index contributed by atoms with van der Waals surface area (Å²) in [7, 11) is 0. The number of aromatic nitrogens is 3. The van der Waals surface area contributed by atoms with Crippen molar-refractivity contribution >= 4 is 23.3 Å². The Kier molecular flexibility index (Phi) is 2.95. The van der Waals surface area contributed by atoms with Crippen molar-refractivity contribution in [1.29, 1.82) is 0 Å². The molecule has 96 valence electrons. The molecule has 4 heteroatoms. The lowest BCUT2D eigenvalue weighted by Crippen LogP contribution is -2.02. The van der Waals surface area contributed by atoms with Crippen LogP contribution in [0.15, 0.2) is 36.7 Å². The third kappa shape index (κ3) is 2.08. The van der Waals surface area contributed by atoms with Crippen molar-refractivity contribution in [2.24, 2.45) is 0 Å². The average Bonchev–Trinajstić information content (AvgIpc) is 2.71. The lowest BCUT2D eigenvalue weighted by Gasteiger charge is -2.07. The Morgan fingerprint density at radius 1 is 1.21 bits per heavy atom. The van der Waals surface area contributed by atoms with Crippen LogP contribution in [0.25, 0.3) is 11.0 Å². The molecule has 0 fully saturated rings. The number of para-hydroxylation sites is 1. The van der Waals surface area contributed by atoms with Crippen LogP contribution in [-0.4, -0.2) is 14.5 Å². The second-order valence-electron chi connectivity index (χ2n) is 4.79. The summed E-state index contributed by atoms with van der Waals surface area (Å²) in [4.78, 5) is 7.49. The van der Waals surface area contributed by atoms with Crippen LogP contribution in [0.1, 0.15) is 16.7 Å². The minimum Gasteiger partial charge on any atom is -0.330 e. The number of rotatable bonds is 2. The molecule has 0 aliphatic heterocycles. The second kappa shape index (κ2) is 4.63. The number of benzene rings is 1. The second-order valence-corrected chi connectivity index (χ2v) is 5.17. The Morgan fingerprint density at radius 3 is 2.84 bits per heavy atom. The number of imidazole rings is 1. The number of H-pyrrole nitrogens is 1. The summed E-state index contributed by atoms with van der Waals surface area (Å²) in [5.74, 6) is 0. The van der Waals surface area contributed by atoms with Crippen molar-refractivity contribution in [3.63, 3.8) is 0 Å². The summed E-state index contributed by atoms with van der Waals surface area (Å²) in [6.45, 7) is 4.94. The lowest BCUT2D eigenvalue weighted by molar-refractivity contribution is 0.800. The third-order valence-electron chi connectivity index (χ3n) is 3.49. The molecule has 1 N–H and O–H groups in total. The summed E-state index contributed by atoms with van der Waals surface area (Å²) in [6, 6.07) is 8.28. The Labute approximate surface area is 116 Å². The molecule has 0 aliphatic carbocycles. The first-order chi connectivity index (χ1) is 9.16. The van der Waals surface area contributed by atoms with Gasteiger partial charge in [-0.15, -0.1) is 0 Å². The van der Waals surface area contributed by atoms with Gasteiger partial charge in [-0.05, 0) is 54.9 Å². The molecule has 0 aliphatic rings. The monoisotopic (exact) mass is 269 g/mol. The van der Waals surface area contributed by atoms with E-state index in [4.69, 9.17) is 12.2 Å². The molecule has 19 heavy (non-hydrogen) atoms. The van der Waals surface area contributed by atoms with E-state index in [2.05, 4.69) is 46.6 Å². The fraction of sp³-hybridized carbons (Fsp3) is 0.200. The highest BCUT2D eigenvalue weighted by molar-refractivity contribution is 7.71. The van der Waals surface area contributed by atoms with Crippen LogP contribution in [0.2, 0.25) is 0 Å².